The number of thiazole rings is 1. The summed E-state index contributed by atoms with van der Waals surface area (Å²) in [7, 11) is 1.55. The van der Waals surface area contributed by atoms with Crippen LogP contribution < -0.4 is 13.3 Å². The fraction of sp³-hybridized carbons (Fsp3) is 0.188. The Kier molecular flexibility index (Phi) is 4.64. The van der Waals surface area contributed by atoms with Crippen molar-refractivity contribution in [3.05, 3.63) is 41.0 Å². The van der Waals surface area contributed by atoms with E-state index < -0.39 is 0 Å². The fourth-order valence-corrected chi connectivity index (χ4v) is 3.45. The van der Waals surface area contributed by atoms with Crippen molar-refractivity contribution in [2.45, 2.75) is 13.8 Å². The molecule has 0 unspecified atom stereocenters. The van der Waals surface area contributed by atoms with Crippen LogP contribution >= 0.6 is 11.3 Å². The summed E-state index contributed by atoms with van der Waals surface area (Å²) in [6.07, 6.45) is 3.07. The third kappa shape index (κ3) is 3.54. The van der Waals surface area contributed by atoms with Crippen molar-refractivity contribution in [1.82, 2.24) is 15.0 Å². The predicted octanol–water partition coefficient (Wildman–Crippen LogP) is 2.81. The predicted molar refractivity (Wildman–Crippen MR) is 91.1 cm³/mol. The average molecular weight is 387 g/mol. The van der Waals surface area contributed by atoms with Crippen LogP contribution in [0.5, 0.6) is 17.5 Å². The molecule has 7 heteroatoms. The van der Waals surface area contributed by atoms with Crippen molar-refractivity contribution >= 4 is 32.0 Å². The van der Waals surface area contributed by atoms with Gasteiger partial charge in [0, 0.05) is 0 Å². The standard InChI is InChI=1S/C16H14AsN3O2S/c1-9-4-11(22-14-7-18-13(21-3)6-19-14)5-10(2)15(9)12-8-23-16(17)20-12/h4-8H,1-3H3. The van der Waals surface area contributed by atoms with Gasteiger partial charge in [0.1, 0.15) is 0 Å². The SMILES string of the molecule is COc1cnc(Oc2cc(C)c(-c3csc([As])n3)c(C)c2)cn1. The number of nitrogens with zero attached hydrogens (tertiary/aromatic N) is 3. The van der Waals surface area contributed by atoms with E-state index >= 15 is 0 Å². The maximum atomic E-state index is 5.79. The first-order valence-corrected chi connectivity index (χ1v) is 8.68. The summed E-state index contributed by atoms with van der Waals surface area (Å²) in [6.45, 7) is 4.11. The summed E-state index contributed by atoms with van der Waals surface area (Å²) in [5.41, 5.74) is 4.36. The molecule has 2 heterocycles. The Bertz CT molecular complexity index is 811. The van der Waals surface area contributed by atoms with E-state index in [2.05, 4.69) is 51.0 Å². The number of benzene rings is 1. The zero-order chi connectivity index (χ0) is 16.4. The number of aryl methyl sites for hydroxylation is 2. The van der Waals surface area contributed by atoms with Crippen molar-refractivity contribution in [2.24, 2.45) is 0 Å². The van der Waals surface area contributed by atoms with Gasteiger partial charge in [-0.3, -0.25) is 0 Å². The molecule has 0 saturated carbocycles. The van der Waals surface area contributed by atoms with E-state index in [1.54, 1.807) is 24.6 Å². The molecule has 0 aliphatic carbocycles. The van der Waals surface area contributed by atoms with Crippen LogP contribution in [0.3, 0.4) is 0 Å². The van der Waals surface area contributed by atoms with Gasteiger partial charge in [0.25, 0.3) is 0 Å². The Morgan fingerprint density at radius 3 is 2.22 bits per heavy atom. The van der Waals surface area contributed by atoms with Gasteiger partial charge in [0.05, 0.1) is 7.11 Å². The van der Waals surface area contributed by atoms with Crippen LogP contribution in [0.4, 0.5) is 0 Å². The first-order valence-electron chi connectivity index (χ1n) is 6.87. The van der Waals surface area contributed by atoms with E-state index in [0.717, 1.165) is 31.9 Å². The van der Waals surface area contributed by atoms with Gasteiger partial charge in [0.15, 0.2) is 0 Å². The second kappa shape index (κ2) is 6.69. The second-order valence-corrected chi connectivity index (χ2v) is 7.35. The minimum absolute atomic E-state index is 0.430. The van der Waals surface area contributed by atoms with Gasteiger partial charge in [-0.15, -0.1) is 0 Å². The fourth-order valence-electron chi connectivity index (χ4n) is 2.35. The Hall–Kier alpha value is -1.91. The number of ether oxygens (including phenoxy) is 2. The molecule has 0 aliphatic heterocycles. The Morgan fingerprint density at radius 1 is 1.04 bits per heavy atom. The molecule has 0 spiro atoms. The third-order valence-electron chi connectivity index (χ3n) is 3.29. The van der Waals surface area contributed by atoms with Crippen LogP contribution in [0.15, 0.2) is 29.9 Å². The number of hydrogen-bond acceptors (Lipinski definition) is 6. The molecule has 0 aliphatic rings. The first-order chi connectivity index (χ1) is 11.1. The van der Waals surface area contributed by atoms with Crippen molar-refractivity contribution in [2.75, 3.05) is 7.11 Å². The monoisotopic (exact) mass is 387 g/mol. The molecule has 0 bridgehead atoms. The Balaban J connectivity index is 1.89. The molecule has 0 atom stereocenters. The Morgan fingerprint density at radius 2 is 1.70 bits per heavy atom. The van der Waals surface area contributed by atoms with E-state index in [0.29, 0.717) is 11.8 Å². The van der Waals surface area contributed by atoms with Crippen molar-refractivity contribution < 1.29 is 9.47 Å². The molecule has 3 rings (SSSR count). The van der Waals surface area contributed by atoms with Crippen molar-refractivity contribution in [3.63, 3.8) is 0 Å². The van der Waals surface area contributed by atoms with E-state index in [4.69, 9.17) is 9.47 Å². The average Bonchev–Trinajstić information content (AvgIpc) is 2.93. The zero-order valence-corrected chi connectivity index (χ0v) is 15.6. The number of methoxy groups -OCH3 is 1. The molecule has 2 radical (unpaired) electrons. The van der Waals surface area contributed by atoms with E-state index in [9.17, 15) is 0 Å². The van der Waals surface area contributed by atoms with Gasteiger partial charge in [-0.1, -0.05) is 0 Å². The first kappa shape index (κ1) is 16.0. The second-order valence-electron chi connectivity index (χ2n) is 4.95. The van der Waals surface area contributed by atoms with Crippen molar-refractivity contribution in [1.29, 1.82) is 0 Å². The quantitative estimate of drug-likeness (QED) is 0.645. The zero-order valence-electron chi connectivity index (χ0n) is 12.9. The van der Waals surface area contributed by atoms with Crippen molar-refractivity contribution in [3.8, 4) is 28.8 Å². The van der Waals surface area contributed by atoms with Crippen LogP contribution in [0.2, 0.25) is 0 Å². The summed E-state index contributed by atoms with van der Waals surface area (Å²) >= 11 is 4.10. The van der Waals surface area contributed by atoms with Gasteiger partial charge in [-0.2, -0.15) is 0 Å². The van der Waals surface area contributed by atoms with E-state index in [1.807, 2.05) is 12.1 Å². The molecule has 0 N–H and O–H groups in total. The summed E-state index contributed by atoms with van der Waals surface area (Å²) < 4.78 is 11.8. The van der Waals surface area contributed by atoms with E-state index in [1.165, 1.54) is 6.20 Å². The van der Waals surface area contributed by atoms with Gasteiger partial charge in [-0.05, 0) is 0 Å². The van der Waals surface area contributed by atoms with Crippen LogP contribution in [-0.2, 0) is 0 Å². The molecule has 0 amide bonds. The maximum absolute atomic E-state index is 5.79. The van der Waals surface area contributed by atoms with Crippen LogP contribution in [-0.4, -0.2) is 38.9 Å². The third-order valence-corrected chi connectivity index (χ3v) is 4.81. The van der Waals surface area contributed by atoms with Gasteiger partial charge in [-0.25, -0.2) is 0 Å². The summed E-state index contributed by atoms with van der Waals surface area (Å²) in [4.78, 5) is 12.8. The van der Waals surface area contributed by atoms with Crippen LogP contribution in [0, 0.1) is 13.8 Å². The van der Waals surface area contributed by atoms with E-state index in [-0.39, 0.29) is 0 Å². The van der Waals surface area contributed by atoms with Gasteiger partial charge >= 0.3 is 135 Å². The topological polar surface area (TPSA) is 57.1 Å². The molecule has 0 saturated heterocycles. The Labute approximate surface area is 147 Å². The summed E-state index contributed by atoms with van der Waals surface area (Å²) in [5, 5.41) is 2.07. The summed E-state index contributed by atoms with van der Waals surface area (Å²) in [5.74, 6) is 1.61. The molecule has 0 fully saturated rings. The number of aromatic nitrogens is 3. The summed E-state index contributed by atoms with van der Waals surface area (Å²) in [6, 6.07) is 3.97. The van der Waals surface area contributed by atoms with Gasteiger partial charge < -0.3 is 4.74 Å². The molecule has 116 valence electrons. The number of hydrogen-bond donors (Lipinski definition) is 0. The number of rotatable bonds is 4. The molecular formula is C16H14AsN3O2S. The molecule has 3 aromatic rings. The van der Waals surface area contributed by atoms with Crippen LogP contribution in [0.1, 0.15) is 11.1 Å². The van der Waals surface area contributed by atoms with Gasteiger partial charge in [0.2, 0.25) is 0 Å². The molecular weight excluding hydrogens is 373 g/mol. The molecule has 1 aromatic carbocycles. The molecule has 2 aromatic heterocycles. The minimum atomic E-state index is 0.430. The molecule has 23 heavy (non-hydrogen) atoms. The van der Waals surface area contributed by atoms with Crippen LogP contribution in [0.25, 0.3) is 11.3 Å². The normalized spacial score (nSPS) is 10.6. The molecule has 5 nitrogen and oxygen atoms in total.